The molecule has 2 N–H and O–H groups in total. The van der Waals surface area contributed by atoms with Gasteiger partial charge in [0.05, 0.1) is 13.2 Å². The molecule has 0 saturated carbocycles. The fourth-order valence-corrected chi connectivity index (χ4v) is 2.04. The summed E-state index contributed by atoms with van der Waals surface area (Å²) in [7, 11) is 0. The van der Waals surface area contributed by atoms with Gasteiger partial charge in [-0.05, 0) is 27.7 Å². The summed E-state index contributed by atoms with van der Waals surface area (Å²) in [6.45, 7) is 9.95. The first-order valence-corrected chi connectivity index (χ1v) is 7.47. The fourth-order valence-electron chi connectivity index (χ4n) is 2.04. The van der Waals surface area contributed by atoms with E-state index in [9.17, 15) is 14.4 Å². The molecule has 0 aromatic heterocycles. The summed E-state index contributed by atoms with van der Waals surface area (Å²) in [4.78, 5) is 38.5. The molecule has 1 fully saturated rings. The summed E-state index contributed by atoms with van der Waals surface area (Å²) in [5.41, 5.74) is -0.393. The summed E-state index contributed by atoms with van der Waals surface area (Å²) in [6.07, 6.45) is -0.323. The van der Waals surface area contributed by atoms with E-state index >= 15 is 0 Å². The number of hydrogen-bond acceptors (Lipinski definition) is 5. The van der Waals surface area contributed by atoms with Gasteiger partial charge in [0.2, 0.25) is 5.91 Å². The quantitative estimate of drug-likeness (QED) is 0.786. The predicted octanol–water partition coefficient (Wildman–Crippen LogP) is 0.385. The van der Waals surface area contributed by atoms with Crippen LogP contribution in [-0.2, 0) is 9.53 Å². The topological polar surface area (TPSA) is 91.0 Å². The number of imide groups is 1. The molecule has 1 aliphatic heterocycles. The highest BCUT2D eigenvalue weighted by atomic mass is 16.6. The van der Waals surface area contributed by atoms with Gasteiger partial charge < -0.3 is 15.0 Å². The molecule has 4 amide bonds. The third-order valence-electron chi connectivity index (χ3n) is 3.01. The summed E-state index contributed by atoms with van der Waals surface area (Å²) < 4.78 is 4.93. The number of nitrogens with zero attached hydrogens (tertiary/aromatic N) is 2. The minimum Gasteiger partial charge on any atom is -0.450 e. The van der Waals surface area contributed by atoms with E-state index in [1.54, 1.807) is 11.8 Å². The number of hydrogen-bond donors (Lipinski definition) is 2. The van der Waals surface area contributed by atoms with Crippen molar-refractivity contribution in [2.45, 2.75) is 33.2 Å². The zero-order chi connectivity index (χ0) is 16.8. The molecule has 8 heteroatoms. The second-order valence-corrected chi connectivity index (χ2v) is 6.21. The maximum Gasteiger partial charge on any atom is 0.409 e. The molecule has 0 bridgehead atoms. The molecule has 22 heavy (non-hydrogen) atoms. The standard InChI is InChI=1S/C14H26N4O4/c1-5-22-13(21)18-8-6-17(7-9-18)10-11(19)15-12(20)16-14(2,3)4/h5-10H2,1-4H3,(H2,15,16,19,20). The number of urea groups is 1. The third kappa shape index (κ3) is 6.75. The maximum absolute atomic E-state index is 11.8. The maximum atomic E-state index is 11.8. The van der Waals surface area contributed by atoms with Crippen LogP contribution in [0.15, 0.2) is 0 Å². The summed E-state index contributed by atoms with van der Waals surface area (Å²) in [5, 5.41) is 4.97. The average molecular weight is 314 g/mol. The Balaban J connectivity index is 2.30. The highest BCUT2D eigenvalue weighted by Gasteiger charge is 2.24. The van der Waals surface area contributed by atoms with Crippen molar-refractivity contribution in [3.8, 4) is 0 Å². The lowest BCUT2D eigenvalue weighted by Crippen LogP contribution is -2.53. The van der Waals surface area contributed by atoms with Crippen LogP contribution in [0.2, 0.25) is 0 Å². The van der Waals surface area contributed by atoms with E-state index in [0.29, 0.717) is 32.8 Å². The Kier molecular flexibility index (Phi) is 6.61. The molecule has 0 aliphatic carbocycles. The molecule has 1 rings (SSSR count). The molecule has 0 aromatic rings. The van der Waals surface area contributed by atoms with Gasteiger partial charge in [-0.15, -0.1) is 0 Å². The molecule has 126 valence electrons. The van der Waals surface area contributed by atoms with Crippen LogP contribution in [0.4, 0.5) is 9.59 Å². The minimum atomic E-state index is -0.498. The van der Waals surface area contributed by atoms with Gasteiger partial charge in [-0.1, -0.05) is 0 Å². The monoisotopic (exact) mass is 314 g/mol. The molecule has 1 heterocycles. The molecule has 1 saturated heterocycles. The van der Waals surface area contributed by atoms with Crippen LogP contribution in [0.5, 0.6) is 0 Å². The number of ether oxygens (including phenoxy) is 1. The zero-order valence-electron chi connectivity index (χ0n) is 13.8. The van der Waals surface area contributed by atoms with E-state index in [1.807, 2.05) is 25.7 Å². The Morgan fingerprint density at radius 1 is 1.09 bits per heavy atom. The molecule has 0 aromatic carbocycles. The van der Waals surface area contributed by atoms with Crippen LogP contribution < -0.4 is 10.6 Å². The first-order valence-electron chi connectivity index (χ1n) is 7.47. The van der Waals surface area contributed by atoms with E-state index in [4.69, 9.17) is 4.74 Å². The van der Waals surface area contributed by atoms with Crippen LogP contribution in [0.1, 0.15) is 27.7 Å². The van der Waals surface area contributed by atoms with Crippen molar-refractivity contribution in [1.29, 1.82) is 0 Å². The van der Waals surface area contributed by atoms with Gasteiger partial charge >= 0.3 is 12.1 Å². The van der Waals surface area contributed by atoms with Gasteiger partial charge in [0.15, 0.2) is 0 Å². The largest absolute Gasteiger partial charge is 0.450 e. The van der Waals surface area contributed by atoms with Crippen LogP contribution in [-0.4, -0.2) is 72.7 Å². The lowest BCUT2D eigenvalue weighted by Gasteiger charge is -2.33. The molecule has 0 spiro atoms. The van der Waals surface area contributed by atoms with Crippen LogP contribution in [0, 0.1) is 0 Å². The Hall–Kier alpha value is -1.83. The zero-order valence-corrected chi connectivity index (χ0v) is 13.8. The van der Waals surface area contributed by atoms with Crippen LogP contribution >= 0.6 is 0 Å². The third-order valence-corrected chi connectivity index (χ3v) is 3.01. The van der Waals surface area contributed by atoms with Crippen molar-refractivity contribution in [1.82, 2.24) is 20.4 Å². The number of carbonyl (C=O) groups is 3. The number of rotatable bonds is 3. The number of amides is 4. The number of carbonyl (C=O) groups excluding carboxylic acids is 3. The first-order chi connectivity index (χ1) is 10.2. The van der Waals surface area contributed by atoms with E-state index in [-0.39, 0.29) is 18.5 Å². The second-order valence-electron chi connectivity index (χ2n) is 6.21. The van der Waals surface area contributed by atoms with Crippen molar-refractivity contribution >= 4 is 18.0 Å². The van der Waals surface area contributed by atoms with Gasteiger partial charge in [0.1, 0.15) is 0 Å². The number of piperazine rings is 1. The molecular weight excluding hydrogens is 288 g/mol. The Bertz CT molecular complexity index is 412. The first kappa shape index (κ1) is 18.2. The van der Waals surface area contributed by atoms with Gasteiger partial charge in [-0.25, -0.2) is 9.59 Å². The lowest BCUT2D eigenvalue weighted by molar-refractivity contribution is -0.121. The average Bonchev–Trinajstić information content (AvgIpc) is 2.37. The molecule has 0 atom stereocenters. The molecular formula is C14H26N4O4. The van der Waals surface area contributed by atoms with Gasteiger partial charge in [-0.3, -0.25) is 15.0 Å². The van der Waals surface area contributed by atoms with Crippen molar-refractivity contribution in [2.24, 2.45) is 0 Å². The van der Waals surface area contributed by atoms with Gasteiger partial charge in [-0.2, -0.15) is 0 Å². The van der Waals surface area contributed by atoms with Crippen molar-refractivity contribution in [2.75, 3.05) is 39.3 Å². The van der Waals surface area contributed by atoms with E-state index in [2.05, 4.69) is 10.6 Å². The van der Waals surface area contributed by atoms with E-state index in [1.165, 1.54) is 0 Å². The second kappa shape index (κ2) is 7.98. The van der Waals surface area contributed by atoms with E-state index in [0.717, 1.165) is 0 Å². The SMILES string of the molecule is CCOC(=O)N1CCN(CC(=O)NC(=O)NC(C)(C)C)CC1. The van der Waals surface area contributed by atoms with Crippen molar-refractivity contribution in [3.05, 3.63) is 0 Å². The predicted molar refractivity (Wildman–Crippen MR) is 81.5 cm³/mol. The van der Waals surface area contributed by atoms with Crippen LogP contribution in [0.3, 0.4) is 0 Å². The fraction of sp³-hybridized carbons (Fsp3) is 0.786. The highest BCUT2D eigenvalue weighted by Crippen LogP contribution is 2.03. The normalized spacial score (nSPS) is 16.1. The Labute approximate surface area is 131 Å². The Morgan fingerprint density at radius 2 is 1.68 bits per heavy atom. The lowest BCUT2D eigenvalue weighted by atomic mass is 10.1. The highest BCUT2D eigenvalue weighted by molar-refractivity contribution is 5.95. The summed E-state index contributed by atoms with van der Waals surface area (Å²) in [5.74, 6) is -0.355. The molecule has 8 nitrogen and oxygen atoms in total. The van der Waals surface area contributed by atoms with Crippen molar-refractivity contribution < 1.29 is 19.1 Å². The van der Waals surface area contributed by atoms with Crippen LogP contribution in [0.25, 0.3) is 0 Å². The molecule has 1 aliphatic rings. The van der Waals surface area contributed by atoms with E-state index < -0.39 is 11.6 Å². The smallest absolute Gasteiger partial charge is 0.409 e. The summed E-state index contributed by atoms with van der Waals surface area (Å²) in [6, 6.07) is -0.498. The summed E-state index contributed by atoms with van der Waals surface area (Å²) >= 11 is 0. The van der Waals surface area contributed by atoms with Gasteiger partial charge in [0.25, 0.3) is 0 Å². The van der Waals surface area contributed by atoms with Crippen molar-refractivity contribution in [3.63, 3.8) is 0 Å². The molecule has 0 unspecified atom stereocenters. The van der Waals surface area contributed by atoms with Gasteiger partial charge in [0, 0.05) is 31.7 Å². The Morgan fingerprint density at radius 3 is 2.18 bits per heavy atom. The molecule has 0 radical (unpaired) electrons. The number of nitrogens with one attached hydrogen (secondary N) is 2. The minimum absolute atomic E-state index is 0.133.